The number of benzene rings is 2. The summed E-state index contributed by atoms with van der Waals surface area (Å²) in [5.41, 5.74) is 7.75. The maximum atomic E-state index is 6.06. The summed E-state index contributed by atoms with van der Waals surface area (Å²) in [6.45, 7) is 0.569. The number of ether oxygens (including phenoxy) is 1. The number of halogens is 1. The molecular formula is C16H16ClN3O. The van der Waals surface area contributed by atoms with Crippen LogP contribution in [-0.4, -0.2) is 16.3 Å². The van der Waals surface area contributed by atoms with Crippen LogP contribution in [0.15, 0.2) is 42.6 Å². The van der Waals surface area contributed by atoms with Gasteiger partial charge >= 0.3 is 0 Å². The molecule has 1 aromatic heterocycles. The van der Waals surface area contributed by atoms with E-state index < -0.39 is 0 Å². The minimum atomic E-state index is 0.569. The fourth-order valence-corrected chi connectivity index (χ4v) is 2.48. The van der Waals surface area contributed by atoms with Gasteiger partial charge in [0.25, 0.3) is 0 Å². The van der Waals surface area contributed by atoms with E-state index in [1.807, 2.05) is 54.3 Å². The molecule has 0 spiro atoms. The predicted molar refractivity (Wildman–Crippen MR) is 85.0 cm³/mol. The average Bonchev–Trinajstić information content (AvgIpc) is 2.83. The van der Waals surface area contributed by atoms with Crippen molar-refractivity contribution in [2.45, 2.75) is 6.42 Å². The first kappa shape index (κ1) is 13.9. The minimum absolute atomic E-state index is 0.569. The van der Waals surface area contributed by atoms with Gasteiger partial charge in [-0.2, -0.15) is 5.10 Å². The van der Waals surface area contributed by atoms with Crippen LogP contribution in [0.3, 0.4) is 0 Å². The third kappa shape index (κ3) is 2.86. The number of hydrogen-bond acceptors (Lipinski definition) is 3. The second-order valence-electron chi connectivity index (χ2n) is 4.88. The first-order valence-corrected chi connectivity index (χ1v) is 7.13. The molecule has 0 saturated carbocycles. The zero-order valence-corrected chi connectivity index (χ0v) is 12.5. The van der Waals surface area contributed by atoms with Gasteiger partial charge in [-0.1, -0.05) is 17.7 Å². The average molecular weight is 302 g/mol. The quantitative estimate of drug-likeness (QED) is 0.802. The number of nitrogens with two attached hydrogens (primary N) is 1. The Kier molecular flexibility index (Phi) is 3.82. The van der Waals surface area contributed by atoms with Crippen LogP contribution in [0.1, 0.15) is 5.56 Å². The smallest absolute Gasteiger partial charge is 0.132 e. The normalized spacial score (nSPS) is 11.0. The van der Waals surface area contributed by atoms with Gasteiger partial charge in [0.2, 0.25) is 0 Å². The highest BCUT2D eigenvalue weighted by molar-refractivity contribution is 6.30. The summed E-state index contributed by atoms with van der Waals surface area (Å²) < 4.78 is 7.81. The number of fused-ring (bicyclic) bond motifs is 1. The molecular weight excluding hydrogens is 286 g/mol. The van der Waals surface area contributed by atoms with E-state index in [2.05, 4.69) is 5.10 Å². The molecule has 1 heterocycles. The third-order valence-electron chi connectivity index (χ3n) is 3.39. The molecule has 0 aliphatic carbocycles. The molecule has 3 aromatic rings. The lowest BCUT2D eigenvalue weighted by atomic mass is 10.1. The zero-order chi connectivity index (χ0) is 14.8. The molecule has 0 unspecified atom stereocenters. The number of nitrogens with zero attached hydrogens (tertiary/aromatic N) is 2. The van der Waals surface area contributed by atoms with Gasteiger partial charge < -0.3 is 10.5 Å². The largest absolute Gasteiger partial charge is 0.457 e. The van der Waals surface area contributed by atoms with Crippen LogP contribution in [0.5, 0.6) is 11.5 Å². The van der Waals surface area contributed by atoms with Gasteiger partial charge in [0.15, 0.2) is 0 Å². The fourth-order valence-electron chi connectivity index (χ4n) is 2.32. The summed E-state index contributed by atoms with van der Waals surface area (Å²) in [7, 11) is 1.92. The Morgan fingerprint density at radius 2 is 2.10 bits per heavy atom. The van der Waals surface area contributed by atoms with Crippen molar-refractivity contribution in [1.82, 2.24) is 9.78 Å². The van der Waals surface area contributed by atoms with Crippen molar-refractivity contribution in [1.29, 1.82) is 0 Å². The van der Waals surface area contributed by atoms with Gasteiger partial charge in [-0.25, -0.2) is 0 Å². The van der Waals surface area contributed by atoms with Gasteiger partial charge in [0.05, 0.1) is 11.7 Å². The minimum Gasteiger partial charge on any atom is -0.457 e. The SMILES string of the molecule is Cn1ncc2cc(Oc3cc(Cl)ccc3CCN)ccc21. The van der Waals surface area contributed by atoms with E-state index in [0.29, 0.717) is 11.6 Å². The topological polar surface area (TPSA) is 53.1 Å². The monoisotopic (exact) mass is 301 g/mol. The second-order valence-corrected chi connectivity index (χ2v) is 5.32. The Hall–Kier alpha value is -2.04. The predicted octanol–water partition coefficient (Wildman–Crippen LogP) is 3.52. The van der Waals surface area contributed by atoms with E-state index in [1.165, 1.54) is 0 Å². The Bertz CT molecular complexity index is 782. The number of hydrogen-bond donors (Lipinski definition) is 1. The molecule has 21 heavy (non-hydrogen) atoms. The van der Waals surface area contributed by atoms with E-state index in [0.717, 1.165) is 34.4 Å². The lowest BCUT2D eigenvalue weighted by molar-refractivity contribution is 0.477. The second kappa shape index (κ2) is 5.76. The summed E-state index contributed by atoms with van der Waals surface area (Å²) in [6, 6.07) is 11.5. The molecule has 0 bridgehead atoms. The van der Waals surface area contributed by atoms with Gasteiger partial charge in [0, 0.05) is 17.5 Å². The Morgan fingerprint density at radius 3 is 2.90 bits per heavy atom. The van der Waals surface area contributed by atoms with Crippen LogP contribution in [0.25, 0.3) is 10.9 Å². The van der Waals surface area contributed by atoms with Crippen molar-refractivity contribution in [3.63, 3.8) is 0 Å². The highest BCUT2D eigenvalue weighted by Gasteiger charge is 2.07. The molecule has 2 N–H and O–H groups in total. The molecule has 108 valence electrons. The van der Waals surface area contributed by atoms with Gasteiger partial charge in [-0.05, 0) is 48.9 Å². The molecule has 0 fully saturated rings. The summed E-state index contributed by atoms with van der Waals surface area (Å²) >= 11 is 6.06. The van der Waals surface area contributed by atoms with Crippen molar-refractivity contribution in [3.8, 4) is 11.5 Å². The number of aromatic nitrogens is 2. The van der Waals surface area contributed by atoms with Crippen LogP contribution in [0.4, 0.5) is 0 Å². The van der Waals surface area contributed by atoms with Crippen LogP contribution < -0.4 is 10.5 Å². The van der Waals surface area contributed by atoms with Crippen LogP contribution >= 0.6 is 11.6 Å². The maximum Gasteiger partial charge on any atom is 0.132 e. The van der Waals surface area contributed by atoms with Crippen molar-refractivity contribution in [2.75, 3.05) is 6.54 Å². The van der Waals surface area contributed by atoms with E-state index in [9.17, 15) is 0 Å². The van der Waals surface area contributed by atoms with Crippen LogP contribution in [0, 0.1) is 0 Å². The van der Waals surface area contributed by atoms with E-state index in [1.54, 1.807) is 0 Å². The molecule has 0 radical (unpaired) electrons. The molecule has 0 saturated heterocycles. The highest BCUT2D eigenvalue weighted by atomic mass is 35.5. The Balaban J connectivity index is 1.95. The third-order valence-corrected chi connectivity index (χ3v) is 3.62. The van der Waals surface area contributed by atoms with E-state index >= 15 is 0 Å². The molecule has 0 amide bonds. The number of rotatable bonds is 4. The van der Waals surface area contributed by atoms with Crippen LogP contribution in [-0.2, 0) is 13.5 Å². The first-order chi connectivity index (χ1) is 10.2. The van der Waals surface area contributed by atoms with E-state index in [4.69, 9.17) is 22.1 Å². The highest BCUT2D eigenvalue weighted by Crippen LogP contribution is 2.30. The van der Waals surface area contributed by atoms with Gasteiger partial charge in [-0.15, -0.1) is 0 Å². The lowest BCUT2D eigenvalue weighted by Crippen LogP contribution is -2.04. The summed E-state index contributed by atoms with van der Waals surface area (Å²) in [6.07, 6.45) is 2.57. The summed E-state index contributed by atoms with van der Waals surface area (Å²) in [4.78, 5) is 0. The van der Waals surface area contributed by atoms with Crippen molar-refractivity contribution >= 4 is 22.5 Å². The van der Waals surface area contributed by atoms with Gasteiger partial charge in [0.1, 0.15) is 11.5 Å². The van der Waals surface area contributed by atoms with Crippen molar-refractivity contribution < 1.29 is 4.74 Å². The first-order valence-electron chi connectivity index (χ1n) is 6.75. The summed E-state index contributed by atoms with van der Waals surface area (Å²) in [5, 5.41) is 5.91. The van der Waals surface area contributed by atoms with Crippen molar-refractivity contribution in [2.24, 2.45) is 12.8 Å². The Labute approximate surface area is 128 Å². The molecule has 0 atom stereocenters. The molecule has 3 rings (SSSR count). The van der Waals surface area contributed by atoms with Crippen molar-refractivity contribution in [3.05, 3.63) is 53.2 Å². The lowest BCUT2D eigenvalue weighted by Gasteiger charge is -2.11. The Morgan fingerprint density at radius 1 is 1.24 bits per heavy atom. The molecule has 0 aliphatic rings. The number of aryl methyl sites for hydroxylation is 1. The van der Waals surface area contributed by atoms with Crippen LogP contribution in [0.2, 0.25) is 5.02 Å². The standard InChI is InChI=1S/C16H16ClN3O/c1-20-15-5-4-14(8-12(15)10-19-20)21-16-9-13(17)3-2-11(16)6-7-18/h2-5,8-10H,6-7,18H2,1H3. The summed E-state index contributed by atoms with van der Waals surface area (Å²) in [5.74, 6) is 1.51. The van der Waals surface area contributed by atoms with E-state index in [-0.39, 0.29) is 0 Å². The molecule has 5 heteroatoms. The molecule has 2 aromatic carbocycles. The molecule has 0 aliphatic heterocycles. The van der Waals surface area contributed by atoms with Gasteiger partial charge in [-0.3, -0.25) is 4.68 Å². The fraction of sp³-hybridized carbons (Fsp3) is 0.188. The zero-order valence-electron chi connectivity index (χ0n) is 11.7. The maximum absolute atomic E-state index is 6.06. The molecule has 4 nitrogen and oxygen atoms in total.